The molecule has 1 unspecified atom stereocenters. The van der Waals surface area contributed by atoms with Crippen LogP contribution in [0.25, 0.3) is 0 Å². The first-order chi connectivity index (χ1) is 12.4. The lowest BCUT2D eigenvalue weighted by atomic mass is 10.1. The molecule has 0 saturated carbocycles. The first kappa shape index (κ1) is 18.4. The van der Waals surface area contributed by atoms with Gasteiger partial charge in [0.25, 0.3) is 0 Å². The van der Waals surface area contributed by atoms with Gasteiger partial charge < -0.3 is 5.32 Å². The predicted octanol–water partition coefficient (Wildman–Crippen LogP) is 1.33. The van der Waals surface area contributed by atoms with Gasteiger partial charge in [-0.3, -0.25) is 14.0 Å². The summed E-state index contributed by atoms with van der Waals surface area (Å²) in [6, 6.07) is 1.46. The highest BCUT2D eigenvalue weighted by molar-refractivity contribution is 5.80. The first-order valence-electron chi connectivity index (χ1n) is 9.32. The molecule has 3 rings (SSSR count). The molecule has 0 fully saturated rings. The molecule has 1 aliphatic heterocycles. The number of aromatic nitrogens is 5. The van der Waals surface area contributed by atoms with E-state index in [-0.39, 0.29) is 11.6 Å². The van der Waals surface area contributed by atoms with Gasteiger partial charge in [-0.1, -0.05) is 20.3 Å². The third-order valence-electron chi connectivity index (χ3n) is 4.76. The van der Waals surface area contributed by atoms with Crippen molar-refractivity contribution in [3.63, 3.8) is 0 Å². The van der Waals surface area contributed by atoms with Gasteiger partial charge >= 0.3 is 5.69 Å². The molecule has 142 valence electrons. The standard InChI is InChI=1S/C18H28N6O2/c1-12(2)11-23-18(26)24-15(7-5-6-8-16(24)21-23)17(25)19-10-14-9-13(3)20-22(14)4/h9,12,15H,5-8,10-11H2,1-4H3,(H,19,25). The summed E-state index contributed by atoms with van der Waals surface area (Å²) in [5, 5.41) is 11.8. The van der Waals surface area contributed by atoms with Crippen LogP contribution >= 0.6 is 0 Å². The van der Waals surface area contributed by atoms with E-state index in [0.717, 1.165) is 36.5 Å². The third-order valence-corrected chi connectivity index (χ3v) is 4.76. The number of nitrogens with zero attached hydrogens (tertiary/aromatic N) is 5. The fraction of sp³-hybridized carbons (Fsp3) is 0.667. The van der Waals surface area contributed by atoms with Crippen LogP contribution in [0.2, 0.25) is 0 Å². The summed E-state index contributed by atoms with van der Waals surface area (Å²) < 4.78 is 4.89. The van der Waals surface area contributed by atoms with Crippen LogP contribution in [0.3, 0.4) is 0 Å². The normalized spacial score (nSPS) is 17.2. The van der Waals surface area contributed by atoms with Crippen molar-refractivity contribution in [2.45, 2.75) is 65.6 Å². The molecule has 1 aliphatic rings. The van der Waals surface area contributed by atoms with Gasteiger partial charge in [0.15, 0.2) is 0 Å². The molecule has 0 bridgehead atoms. The molecule has 2 aromatic heterocycles. The van der Waals surface area contributed by atoms with E-state index in [1.807, 2.05) is 20.0 Å². The van der Waals surface area contributed by atoms with Crippen molar-refractivity contribution in [3.05, 3.63) is 33.8 Å². The van der Waals surface area contributed by atoms with E-state index in [9.17, 15) is 9.59 Å². The van der Waals surface area contributed by atoms with Gasteiger partial charge in [-0.25, -0.2) is 9.48 Å². The van der Waals surface area contributed by atoms with Gasteiger partial charge in [-0.15, -0.1) is 0 Å². The van der Waals surface area contributed by atoms with Gasteiger partial charge in [-0.05, 0) is 31.7 Å². The Morgan fingerprint density at radius 3 is 2.77 bits per heavy atom. The zero-order valence-electron chi connectivity index (χ0n) is 16.0. The molecular formula is C18H28N6O2. The number of aryl methyl sites for hydroxylation is 3. The van der Waals surface area contributed by atoms with Gasteiger partial charge in [0, 0.05) is 20.0 Å². The Morgan fingerprint density at radius 1 is 1.35 bits per heavy atom. The summed E-state index contributed by atoms with van der Waals surface area (Å²) in [6.07, 6.45) is 3.26. The fourth-order valence-electron chi connectivity index (χ4n) is 3.54. The number of carbonyl (C=O) groups excluding carboxylic acids is 1. The molecule has 0 aliphatic carbocycles. The Bertz CT molecular complexity index is 844. The second-order valence-electron chi connectivity index (χ2n) is 7.52. The van der Waals surface area contributed by atoms with Crippen LogP contribution in [0.15, 0.2) is 10.9 Å². The summed E-state index contributed by atoms with van der Waals surface area (Å²) in [7, 11) is 1.86. The molecule has 26 heavy (non-hydrogen) atoms. The first-order valence-corrected chi connectivity index (χ1v) is 9.32. The summed E-state index contributed by atoms with van der Waals surface area (Å²) in [4.78, 5) is 25.7. The van der Waals surface area contributed by atoms with Crippen molar-refractivity contribution in [3.8, 4) is 0 Å². The summed E-state index contributed by atoms with van der Waals surface area (Å²) >= 11 is 0. The highest BCUT2D eigenvalue weighted by Crippen LogP contribution is 2.22. The SMILES string of the molecule is Cc1cc(CNC(=O)C2CCCCc3nn(CC(C)C)c(=O)n32)n(C)n1. The van der Waals surface area contributed by atoms with E-state index >= 15 is 0 Å². The average Bonchev–Trinajstić information content (AvgIpc) is 2.95. The second kappa shape index (κ2) is 7.47. The van der Waals surface area contributed by atoms with E-state index in [4.69, 9.17) is 0 Å². The monoisotopic (exact) mass is 360 g/mol. The fourth-order valence-corrected chi connectivity index (χ4v) is 3.54. The number of fused-ring (bicyclic) bond motifs is 1. The summed E-state index contributed by atoms with van der Waals surface area (Å²) in [5.74, 6) is 0.926. The van der Waals surface area contributed by atoms with E-state index in [0.29, 0.717) is 25.4 Å². The molecule has 0 spiro atoms. The van der Waals surface area contributed by atoms with Crippen LogP contribution in [0.1, 0.15) is 56.4 Å². The van der Waals surface area contributed by atoms with Crippen molar-refractivity contribution in [1.29, 1.82) is 0 Å². The maximum absolute atomic E-state index is 12.9. The lowest BCUT2D eigenvalue weighted by molar-refractivity contribution is -0.124. The van der Waals surface area contributed by atoms with Crippen molar-refractivity contribution < 1.29 is 4.79 Å². The Balaban J connectivity index is 1.81. The molecule has 1 amide bonds. The highest BCUT2D eigenvalue weighted by Gasteiger charge is 2.29. The third kappa shape index (κ3) is 3.73. The number of nitrogens with one attached hydrogen (secondary N) is 1. The highest BCUT2D eigenvalue weighted by atomic mass is 16.2. The van der Waals surface area contributed by atoms with Crippen LogP contribution in [0.5, 0.6) is 0 Å². The lowest BCUT2D eigenvalue weighted by Crippen LogP contribution is -2.38. The Morgan fingerprint density at radius 2 is 2.12 bits per heavy atom. The van der Waals surface area contributed by atoms with Crippen LogP contribution < -0.4 is 11.0 Å². The maximum Gasteiger partial charge on any atom is 0.346 e. The number of carbonyl (C=O) groups is 1. The largest absolute Gasteiger partial charge is 0.349 e. The zero-order chi connectivity index (χ0) is 18.8. The molecule has 8 heteroatoms. The smallest absolute Gasteiger partial charge is 0.346 e. The quantitative estimate of drug-likeness (QED) is 0.871. The minimum absolute atomic E-state index is 0.127. The minimum Gasteiger partial charge on any atom is -0.349 e. The molecule has 8 nitrogen and oxygen atoms in total. The Labute approximate surface area is 153 Å². The lowest BCUT2D eigenvalue weighted by Gasteiger charge is -2.16. The molecule has 3 heterocycles. The van der Waals surface area contributed by atoms with E-state index < -0.39 is 6.04 Å². The molecule has 0 saturated heterocycles. The number of hydrogen-bond acceptors (Lipinski definition) is 4. The van der Waals surface area contributed by atoms with E-state index in [1.54, 1.807) is 9.25 Å². The van der Waals surface area contributed by atoms with Crippen LogP contribution in [-0.4, -0.2) is 30.0 Å². The minimum atomic E-state index is -0.491. The van der Waals surface area contributed by atoms with Crippen LogP contribution in [0, 0.1) is 12.8 Å². The molecule has 2 aromatic rings. The molecule has 0 radical (unpaired) electrons. The van der Waals surface area contributed by atoms with Crippen molar-refractivity contribution >= 4 is 5.91 Å². The van der Waals surface area contributed by atoms with E-state index in [2.05, 4.69) is 29.4 Å². The average molecular weight is 360 g/mol. The summed E-state index contributed by atoms with van der Waals surface area (Å²) in [6.45, 7) is 7.00. The number of amides is 1. The topological polar surface area (TPSA) is 86.7 Å². The maximum atomic E-state index is 12.9. The van der Waals surface area contributed by atoms with Crippen LogP contribution in [-0.2, 0) is 31.4 Å². The van der Waals surface area contributed by atoms with Crippen molar-refractivity contribution in [1.82, 2.24) is 29.4 Å². The molecule has 0 aromatic carbocycles. The number of hydrogen-bond donors (Lipinski definition) is 1. The predicted molar refractivity (Wildman–Crippen MR) is 97.7 cm³/mol. The zero-order valence-corrected chi connectivity index (χ0v) is 16.0. The van der Waals surface area contributed by atoms with Gasteiger partial charge in [0.1, 0.15) is 11.9 Å². The molecular weight excluding hydrogens is 332 g/mol. The van der Waals surface area contributed by atoms with Gasteiger partial charge in [0.2, 0.25) is 5.91 Å². The van der Waals surface area contributed by atoms with Gasteiger partial charge in [-0.2, -0.15) is 10.2 Å². The van der Waals surface area contributed by atoms with Crippen molar-refractivity contribution in [2.24, 2.45) is 13.0 Å². The number of rotatable bonds is 5. The molecule has 1 atom stereocenters. The Kier molecular flexibility index (Phi) is 5.29. The molecule has 1 N–H and O–H groups in total. The van der Waals surface area contributed by atoms with Crippen molar-refractivity contribution in [2.75, 3.05) is 0 Å². The van der Waals surface area contributed by atoms with Crippen LogP contribution in [0.4, 0.5) is 0 Å². The van der Waals surface area contributed by atoms with Gasteiger partial charge in [0.05, 0.1) is 17.9 Å². The van der Waals surface area contributed by atoms with E-state index in [1.165, 1.54) is 4.68 Å². The Hall–Kier alpha value is -2.38. The second-order valence-corrected chi connectivity index (χ2v) is 7.52. The summed E-state index contributed by atoms with van der Waals surface area (Å²) in [5.41, 5.74) is 1.68.